The molecular weight excluding hydrogens is 226 g/mol. The van der Waals surface area contributed by atoms with E-state index in [1.54, 1.807) is 0 Å². The van der Waals surface area contributed by atoms with E-state index in [-0.39, 0.29) is 11.8 Å². The van der Waals surface area contributed by atoms with Crippen LogP contribution in [0.5, 0.6) is 0 Å². The third-order valence-electron chi connectivity index (χ3n) is 3.87. The number of rotatable bonds is 3. The molecule has 1 aromatic rings. The summed E-state index contributed by atoms with van der Waals surface area (Å²) in [6.07, 6.45) is 0. The molecule has 2 unspecified atom stereocenters. The van der Waals surface area contributed by atoms with Crippen LogP contribution in [-0.2, 0) is 4.79 Å². The Kier molecular flexibility index (Phi) is 3.71. The summed E-state index contributed by atoms with van der Waals surface area (Å²) in [6.45, 7) is 7.80. The molecule has 1 saturated heterocycles. The quantitative estimate of drug-likeness (QED) is 0.892. The topological polar surface area (TPSA) is 40.5 Å². The minimum atomic E-state index is -0.676. The lowest BCUT2D eigenvalue weighted by Crippen LogP contribution is -2.29. The van der Waals surface area contributed by atoms with Gasteiger partial charge in [-0.2, -0.15) is 0 Å². The second-order valence-corrected chi connectivity index (χ2v) is 5.51. The van der Waals surface area contributed by atoms with Gasteiger partial charge in [-0.1, -0.05) is 29.8 Å². The van der Waals surface area contributed by atoms with E-state index < -0.39 is 5.97 Å². The number of nitrogens with zero attached hydrogens (tertiary/aromatic N) is 1. The first-order valence-corrected chi connectivity index (χ1v) is 6.52. The van der Waals surface area contributed by atoms with E-state index >= 15 is 0 Å². The van der Waals surface area contributed by atoms with Gasteiger partial charge in [0.1, 0.15) is 0 Å². The van der Waals surface area contributed by atoms with Gasteiger partial charge in [-0.05, 0) is 26.3 Å². The van der Waals surface area contributed by atoms with Crippen molar-refractivity contribution in [2.45, 2.75) is 32.7 Å². The summed E-state index contributed by atoms with van der Waals surface area (Å²) in [5.74, 6) is -0.844. The minimum Gasteiger partial charge on any atom is -0.481 e. The molecule has 1 aromatic carbocycles. The van der Waals surface area contributed by atoms with Crippen molar-refractivity contribution in [2.24, 2.45) is 5.92 Å². The van der Waals surface area contributed by atoms with Crippen LogP contribution in [0.3, 0.4) is 0 Å². The fourth-order valence-electron chi connectivity index (χ4n) is 2.74. The van der Waals surface area contributed by atoms with Crippen molar-refractivity contribution >= 4 is 5.97 Å². The maximum atomic E-state index is 11.4. The van der Waals surface area contributed by atoms with Gasteiger partial charge in [0.05, 0.1) is 5.92 Å². The van der Waals surface area contributed by atoms with Gasteiger partial charge in [0.25, 0.3) is 0 Å². The van der Waals surface area contributed by atoms with E-state index in [4.69, 9.17) is 0 Å². The molecular formula is C15H21NO2. The molecule has 0 bridgehead atoms. The number of hydrogen-bond donors (Lipinski definition) is 1. The number of aliphatic carboxylic acids is 1. The largest absolute Gasteiger partial charge is 0.481 e. The molecule has 2 atom stereocenters. The Labute approximate surface area is 108 Å². The highest BCUT2D eigenvalue weighted by Gasteiger charge is 2.39. The van der Waals surface area contributed by atoms with Crippen molar-refractivity contribution in [2.75, 3.05) is 13.1 Å². The second-order valence-electron chi connectivity index (χ2n) is 5.51. The highest BCUT2D eigenvalue weighted by atomic mass is 16.4. The lowest BCUT2D eigenvalue weighted by atomic mass is 9.88. The van der Waals surface area contributed by atoms with Crippen molar-refractivity contribution < 1.29 is 9.90 Å². The van der Waals surface area contributed by atoms with Crippen molar-refractivity contribution in [3.8, 4) is 0 Å². The van der Waals surface area contributed by atoms with Crippen LogP contribution in [0.4, 0.5) is 0 Å². The first-order chi connectivity index (χ1) is 8.49. The molecule has 98 valence electrons. The summed E-state index contributed by atoms with van der Waals surface area (Å²) in [6, 6.07) is 8.64. The summed E-state index contributed by atoms with van der Waals surface area (Å²) < 4.78 is 0. The Hall–Kier alpha value is -1.35. The summed E-state index contributed by atoms with van der Waals surface area (Å²) in [4.78, 5) is 13.7. The second kappa shape index (κ2) is 5.11. The van der Waals surface area contributed by atoms with E-state index in [2.05, 4.69) is 43.9 Å². The van der Waals surface area contributed by atoms with Gasteiger partial charge in [0, 0.05) is 25.0 Å². The number of aryl methyl sites for hydroxylation is 1. The number of benzene rings is 1. The Bertz CT molecular complexity index is 442. The predicted molar refractivity (Wildman–Crippen MR) is 71.8 cm³/mol. The smallest absolute Gasteiger partial charge is 0.308 e. The Morgan fingerprint density at radius 3 is 2.67 bits per heavy atom. The average Bonchev–Trinajstić information content (AvgIpc) is 2.73. The number of carboxylic acids is 1. The van der Waals surface area contributed by atoms with E-state index in [0.29, 0.717) is 12.6 Å². The molecule has 0 radical (unpaired) electrons. The molecule has 1 fully saturated rings. The minimum absolute atomic E-state index is 0.116. The number of hydrogen-bond acceptors (Lipinski definition) is 2. The van der Waals surface area contributed by atoms with Crippen LogP contribution in [0, 0.1) is 12.8 Å². The van der Waals surface area contributed by atoms with Crippen molar-refractivity contribution in [1.29, 1.82) is 0 Å². The zero-order valence-corrected chi connectivity index (χ0v) is 11.3. The zero-order chi connectivity index (χ0) is 13.3. The third-order valence-corrected chi connectivity index (χ3v) is 3.87. The molecule has 1 aliphatic heterocycles. The summed E-state index contributed by atoms with van der Waals surface area (Å²) in [7, 11) is 0. The Morgan fingerprint density at radius 2 is 2.11 bits per heavy atom. The van der Waals surface area contributed by atoms with Crippen molar-refractivity contribution in [3.05, 3.63) is 35.4 Å². The van der Waals surface area contributed by atoms with Crippen LogP contribution >= 0.6 is 0 Å². The standard InChI is InChI=1S/C15H21NO2/c1-10(2)16-8-13(14(9-16)15(17)18)12-6-4-5-11(3)7-12/h4-7,10,13-14H,8-9H2,1-3H3,(H,17,18). The highest BCUT2D eigenvalue weighted by Crippen LogP contribution is 2.34. The third kappa shape index (κ3) is 2.56. The SMILES string of the molecule is Cc1cccc(C2CN(C(C)C)CC2C(=O)O)c1. The predicted octanol–water partition coefficient (Wildman–Crippen LogP) is 2.50. The van der Waals surface area contributed by atoms with Crippen LogP contribution in [0.15, 0.2) is 24.3 Å². The van der Waals surface area contributed by atoms with Gasteiger partial charge in [-0.15, -0.1) is 0 Å². The Morgan fingerprint density at radius 1 is 1.39 bits per heavy atom. The molecule has 0 aliphatic carbocycles. The van der Waals surface area contributed by atoms with Gasteiger partial charge in [-0.3, -0.25) is 9.69 Å². The molecule has 0 saturated carbocycles. The van der Waals surface area contributed by atoms with Crippen LogP contribution in [-0.4, -0.2) is 35.1 Å². The fraction of sp³-hybridized carbons (Fsp3) is 0.533. The fourth-order valence-corrected chi connectivity index (χ4v) is 2.74. The first kappa shape index (κ1) is 13.1. The van der Waals surface area contributed by atoms with Crippen LogP contribution in [0.25, 0.3) is 0 Å². The zero-order valence-electron chi connectivity index (χ0n) is 11.3. The highest BCUT2D eigenvalue weighted by molar-refractivity contribution is 5.72. The van der Waals surface area contributed by atoms with Crippen LogP contribution < -0.4 is 0 Å². The van der Waals surface area contributed by atoms with Gasteiger partial charge in [0.2, 0.25) is 0 Å². The monoisotopic (exact) mass is 247 g/mol. The van der Waals surface area contributed by atoms with E-state index in [1.165, 1.54) is 5.56 Å². The van der Waals surface area contributed by atoms with Gasteiger partial charge < -0.3 is 5.11 Å². The normalized spacial score (nSPS) is 24.7. The summed E-state index contributed by atoms with van der Waals surface area (Å²) in [5.41, 5.74) is 2.35. The van der Waals surface area contributed by atoms with Crippen LogP contribution in [0.2, 0.25) is 0 Å². The maximum Gasteiger partial charge on any atom is 0.308 e. The maximum absolute atomic E-state index is 11.4. The lowest BCUT2D eigenvalue weighted by Gasteiger charge is -2.20. The molecule has 0 aromatic heterocycles. The van der Waals surface area contributed by atoms with Gasteiger partial charge >= 0.3 is 5.97 Å². The molecule has 0 amide bonds. The van der Waals surface area contributed by atoms with Crippen LogP contribution in [0.1, 0.15) is 30.9 Å². The number of carboxylic acid groups (broad SMARTS) is 1. The van der Waals surface area contributed by atoms with Gasteiger partial charge in [-0.25, -0.2) is 0 Å². The molecule has 3 nitrogen and oxygen atoms in total. The first-order valence-electron chi connectivity index (χ1n) is 6.52. The molecule has 1 heterocycles. The molecule has 3 heteroatoms. The molecule has 2 rings (SSSR count). The lowest BCUT2D eigenvalue weighted by molar-refractivity contribution is -0.141. The molecule has 0 spiro atoms. The average molecular weight is 247 g/mol. The molecule has 1 aliphatic rings. The molecule has 1 N–H and O–H groups in total. The van der Waals surface area contributed by atoms with Crippen molar-refractivity contribution in [1.82, 2.24) is 4.90 Å². The summed E-state index contributed by atoms with van der Waals surface area (Å²) in [5, 5.41) is 9.39. The van der Waals surface area contributed by atoms with E-state index in [1.807, 2.05) is 6.07 Å². The van der Waals surface area contributed by atoms with E-state index in [0.717, 1.165) is 12.1 Å². The summed E-state index contributed by atoms with van der Waals surface area (Å²) >= 11 is 0. The van der Waals surface area contributed by atoms with E-state index in [9.17, 15) is 9.90 Å². The Balaban J connectivity index is 2.27. The van der Waals surface area contributed by atoms with Crippen molar-refractivity contribution in [3.63, 3.8) is 0 Å². The number of carbonyl (C=O) groups is 1. The number of likely N-dealkylation sites (tertiary alicyclic amines) is 1. The molecule has 18 heavy (non-hydrogen) atoms. The van der Waals surface area contributed by atoms with Gasteiger partial charge in [0.15, 0.2) is 0 Å².